The van der Waals surface area contributed by atoms with Gasteiger partial charge in [0.2, 0.25) is 0 Å². The van der Waals surface area contributed by atoms with Crippen LogP contribution in [-0.4, -0.2) is 0 Å². The fourth-order valence-corrected chi connectivity index (χ4v) is 2.85. The van der Waals surface area contributed by atoms with E-state index in [9.17, 15) is 0 Å². The molecule has 2 N–H and O–H groups in total. The predicted octanol–water partition coefficient (Wildman–Crippen LogP) is 5.49. The largest absolute Gasteiger partial charge is 0.320 e. The number of nitrogens with two attached hydrogens (primary N) is 1. The van der Waals surface area contributed by atoms with Gasteiger partial charge in [-0.2, -0.15) is 0 Å². The molecule has 2 rings (SSSR count). The molecule has 0 spiro atoms. The van der Waals surface area contributed by atoms with Crippen molar-refractivity contribution in [2.24, 2.45) is 5.73 Å². The van der Waals surface area contributed by atoms with Gasteiger partial charge in [-0.25, -0.2) is 0 Å². The molecule has 1 atom stereocenters. The number of rotatable bonds is 4. The summed E-state index contributed by atoms with van der Waals surface area (Å²) in [4.78, 5) is 0. The van der Waals surface area contributed by atoms with Gasteiger partial charge in [0.1, 0.15) is 0 Å². The zero-order valence-electron chi connectivity index (χ0n) is 13.3. The monoisotopic (exact) mass is 345 g/mol. The molecule has 2 aromatic carbocycles. The summed E-state index contributed by atoms with van der Waals surface area (Å²) < 4.78 is 1.07. The van der Waals surface area contributed by atoms with Gasteiger partial charge < -0.3 is 5.73 Å². The van der Waals surface area contributed by atoms with Gasteiger partial charge in [0.05, 0.1) is 6.04 Å². The summed E-state index contributed by atoms with van der Waals surface area (Å²) in [5.41, 5.74) is 11.6. The number of halogens is 1. The lowest BCUT2D eigenvalue weighted by Gasteiger charge is -2.24. The maximum atomic E-state index is 6.46. The van der Waals surface area contributed by atoms with Crippen LogP contribution >= 0.6 is 15.9 Å². The molecule has 0 amide bonds. The molecule has 0 bridgehead atoms. The van der Waals surface area contributed by atoms with E-state index in [0.717, 1.165) is 16.5 Å². The summed E-state index contributed by atoms with van der Waals surface area (Å²) in [6.07, 6.45) is 1.13. The van der Waals surface area contributed by atoms with Gasteiger partial charge in [0, 0.05) is 4.47 Å². The fraction of sp³-hybridized carbons (Fsp3) is 0.368. The van der Waals surface area contributed by atoms with Crippen molar-refractivity contribution in [3.8, 4) is 0 Å². The standard InChI is InChI=1S/C19H24BrN/c1-5-19(3,4)15-9-7-14(8-10-15)18(21)17-12-16(20)11-6-13(17)2/h6-12,18H,5,21H2,1-4H3. The van der Waals surface area contributed by atoms with Gasteiger partial charge in [-0.3, -0.25) is 0 Å². The highest BCUT2D eigenvalue weighted by atomic mass is 79.9. The third kappa shape index (κ3) is 3.56. The molecule has 0 aliphatic carbocycles. The first-order valence-electron chi connectivity index (χ1n) is 7.47. The highest BCUT2D eigenvalue weighted by molar-refractivity contribution is 9.10. The highest BCUT2D eigenvalue weighted by Gasteiger charge is 2.18. The molecule has 0 aliphatic heterocycles. The first kappa shape index (κ1) is 16.3. The quantitative estimate of drug-likeness (QED) is 0.778. The maximum absolute atomic E-state index is 6.46. The molecule has 21 heavy (non-hydrogen) atoms. The van der Waals surface area contributed by atoms with Crippen molar-refractivity contribution in [3.63, 3.8) is 0 Å². The molecule has 0 saturated heterocycles. The smallest absolute Gasteiger partial charge is 0.0554 e. The van der Waals surface area contributed by atoms with Crippen molar-refractivity contribution in [1.29, 1.82) is 0 Å². The number of hydrogen-bond acceptors (Lipinski definition) is 1. The van der Waals surface area contributed by atoms with Crippen LogP contribution in [0.1, 0.15) is 55.5 Å². The third-order valence-corrected chi connectivity index (χ3v) is 5.00. The Morgan fingerprint density at radius 1 is 1.10 bits per heavy atom. The van der Waals surface area contributed by atoms with Gasteiger partial charge >= 0.3 is 0 Å². The van der Waals surface area contributed by atoms with E-state index < -0.39 is 0 Å². The van der Waals surface area contributed by atoms with Crippen molar-refractivity contribution in [1.82, 2.24) is 0 Å². The molecule has 1 unspecified atom stereocenters. The average Bonchev–Trinajstić information content (AvgIpc) is 2.49. The van der Waals surface area contributed by atoms with Crippen LogP contribution in [0.15, 0.2) is 46.9 Å². The minimum absolute atomic E-state index is 0.0821. The van der Waals surface area contributed by atoms with E-state index in [1.807, 2.05) is 0 Å². The molecule has 2 aromatic rings. The molecule has 0 radical (unpaired) electrons. The van der Waals surface area contributed by atoms with Crippen LogP contribution in [0.5, 0.6) is 0 Å². The minimum Gasteiger partial charge on any atom is -0.320 e. The topological polar surface area (TPSA) is 26.0 Å². The van der Waals surface area contributed by atoms with Crippen LogP contribution in [0, 0.1) is 6.92 Å². The van der Waals surface area contributed by atoms with Crippen LogP contribution in [0.2, 0.25) is 0 Å². The Labute approximate surface area is 136 Å². The molecule has 112 valence electrons. The highest BCUT2D eigenvalue weighted by Crippen LogP contribution is 2.30. The number of benzene rings is 2. The van der Waals surface area contributed by atoms with Crippen LogP contribution in [0.4, 0.5) is 0 Å². The first-order chi connectivity index (χ1) is 9.85. The lowest BCUT2D eigenvalue weighted by atomic mass is 9.81. The lowest BCUT2D eigenvalue weighted by Crippen LogP contribution is -2.17. The predicted molar refractivity (Wildman–Crippen MR) is 94.7 cm³/mol. The second kappa shape index (κ2) is 6.33. The maximum Gasteiger partial charge on any atom is 0.0554 e. The minimum atomic E-state index is -0.0821. The Morgan fingerprint density at radius 2 is 1.71 bits per heavy atom. The molecule has 0 aliphatic rings. The van der Waals surface area contributed by atoms with E-state index in [1.54, 1.807) is 0 Å². The van der Waals surface area contributed by atoms with Gasteiger partial charge in [0.25, 0.3) is 0 Å². The summed E-state index contributed by atoms with van der Waals surface area (Å²) in [7, 11) is 0. The van der Waals surface area contributed by atoms with Crippen LogP contribution in [-0.2, 0) is 5.41 Å². The van der Waals surface area contributed by atoms with Crippen LogP contribution in [0.3, 0.4) is 0 Å². The molecular formula is C19H24BrN. The summed E-state index contributed by atoms with van der Waals surface area (Å²) in [6.45, 7) is 8.89. The normalized spacial score (nSPS) is 13.2. The van der Waals surface area contributed by atoms with Crippen molar-refractivity contribution in [3.05, 3.63) is 69.2 Å². The van der Waals surface area contributed by atoms with Gasteiger partial charge in [0.15, 0.2) is 0 Å². The molecule has 0 aromatic heterocycles. The fourth-order valence-electron chi connectivity index (χ4n) is 2.47. The lowest BCUT2D eigenvalue weighted by molar-refractivity contribution is 0.506. The van der Waals surface area contributed by atoms with Crippen LogP contribution in [0.25, 0.3) is 0 Å². The summed E-state index contributed by atoms with van der Waals surface area (Å²) >= 11 is 3.53. The second-order valence-electron chi connectivity index (χ2n) is 6.34. The van der Waals surface area contributed by atoms with E-state index >= 15 is 0 Å². The molecular weight excluding hydrogens is 322 g/mol. The van der Waals surface area contributed by atoms with E-state index in [2.05, 4.69) is 86.1 Å². The summed E-state index contributed by atoms with van der Waals surface area (Å²) in [5.74, 6) is 0. The summed E-state index contributed by atoms with van der Waals surface area (Å²) in [5, 5.41) is 0. The Kier molecular flexibility index (Phi) is 4.90. The van der Waals surface area contributed by atoms with Crippen molar-refractivity contribution < 1.29 is 0 Å². The van der Waals surface area contributed by atoms with E-state index in [4.69, 9.17) is 5.73 Å². The Bertz CT molecular complexity index is 614. The molecule has 0 heterocycles. The van der Waals surface area contributed by atoms with Crippen molar-refractivity contribution in [2.45, 2.75) is 45.6 Å². The van der Waals surface area contributed by atoms with Crippen molar-refractivity contribution >= 4 is 15.9 Å². The first-order valence-corrected chi connectivity index (χ1v) is 8.26. The van der Waals surface area contributed by atoms with E-state index in [-0.39, 0.29) is 11.5 Å². The number of aryl methyl sites for hydroxylation is 1. The van der Waals surface area contributed by atoms with E-state index in [0.29, 0.717) is 0 Å². The van der Waals surface area contributed by atoms with Gasteiger partial charge in [-0.15, -0.1) is 0 Å². The van der Waals surface area contributed by atoms with Crippen LogP contribution < -0.4 is 5.73 Å². The Balaban J connectivity index is 2.32. The summed E-state index contributed by atoms with van der Waals surface area (Å²) in [6, 6.07) is 14.9. The Morgan fingerprint density at radius 3 is 2.29 bits per heavy atom. The van der Waals surface area contributed by atoms with Crippen molar-refractivity contribution in [2.75, 3.05) is 0 Å². The molecule has 0 fully saturated rings. The Hall–Kier alpha value is -1.12. The van der Waals surface area contributed by atoms with Gasteiger partial charge in [-0.1, -0.05) is 67.0 Å². The SMILES string of the molecule is CCC(C)(C)c1ccc(C(N)c2cc(Br)ccc2C)cc1. The van der Waals surface area contributed by atoms with Gasteiger partial charge in [-0.05, 0) is 53.1 Å². The second-order valence-corrected chi connectivity index (χ2v) is 7.25. The molecule has 1 nitrogen and oxygen atoms in total. The average molecular weight is 346 g/mol. The molecule has 0 saturated carbocycles. The zero-order valence-corrected chi connectivity index (χ0v) is 14.9. The number of hydrogen-bond donors (Lipinski definition) is 1. The molecule has 2 heteroatoms. The zero-order chi connectivity index (χ0) is 15.6. The van der Waals surface area contributed by atoms with E-state index in [1.165, 1.54) is 16.7 Å². The third-order valence-electron chi connectivity index (χ3n) is 4.51.